The molecule has 2 bridgehead atoms. The highest BCUT2D eigenvalue weighted by Crippen LogP contribution is 2.51. The second-order valence-electron chi connectivity index (χ2n) is 40.0. The van der Waals surface area contributed by atoms with Crippen LogP contribution in [0.1, 0.15) is 66.7 Å². The van der Waals surface area contributed by atoms with Crippen LogP contribution < -0.4 is 63.8 Å². The third-order valence-electron chi connectivity index (χ3n) is 24.5. The fourth-order valence-corrected chi connectivity index (χ4v) is 22.5. The Morgan fingerprint density at radius 1 is 0.379 bits per heavy atom. The molecule has 13 rings (SSSR count). The second-order valence-corrected chi connectivity index (χ2v) is 65.9. The number of aliphatic hydroxyl groups is 8. The van der Waals surface area contributed by atoms with Crippen LogP contribution in [-0.4, -0.2) is 391 Å². The topological polar surface area (TPSA) is 492 Å². The fraction of sp³-hybridized carbons (Fsp3) is 0.604. The molecule has 0 aromatic carbocycles. The predicted octanol–water partition coefficient (Wildman–Crippen LogP) is 6.12. The number of carbonyl (C=O) groups is 6. The van der Waals surface area contributed by atoms with Crippen LogP contribution in [0.25, 0.3) is 0 Å². The van der Waals surface area contributed by atoms with Gasteiger partial charge >= 0.3 is 36.2 Å². The Kier molecular flexibility index (Phi) is 38.8. The summed E-state index contributed by atoms with van der Waals surface area (Å²) in [5, 5.41) is 115. The summed E-state index contributed by atoms with van der Waals surface area (Å²) >= 11 is 0. The molecular weight excluding hydrogens is 1810 g/mol. The van der Waals surface area contributed by atoms with Gasteiger partial charge in [-0.05, 0) is 169 Å². The number of ether oxygens (including phenoxy) is 9. The standard InChI is InChI=1S/C15H23N2O4P.4C15H25N2O4P.C15H25N2O3P.CH4/c1-9-10(7-16-14(19)17-9)11-12-13(18)15(21-11,8-20-12)5-6-22(2,3)4;1-9-10(8-16-14(20)17-9)12-11(18)13(19)15(2,21-12)6-7-22(3,4)5;1-9-10(8-16-14(19)17-9)13-15(2,20)12(18)11(21-13)6-7-22(3,4)5;2*1-9-10(8-16-15(19)17-9)13-14(20-2)12(18)11(21-13)6-7-22(3,4)5;1-9-13(18)12(6-7-21(3,4)5)20-14(9)11-8-16-15(19)17-10(11)2;/h7,11-13,18H,1-2,5-6,8H2,3-4H3,(H2,16,17,19);8,11-13,18-19H,1,3,6-7H2,2,4-5H3,(H2,16,17,20);8,11-13,18,20H,1,3,6-7H2,2,4-5H3,(H2,16,17,19);2*8,11-14,18H,1,3,6-7H2,2,4-5H3,(H2,16,17,19);8-9,12-14,18H,2-3,6-7H2,1,4-5H3,(H2,16,17,19);1H4/t11-,12-,13-,15-;11-,12-,13-,15+;11-,12-,13+,15-;2*11-,12-,13+,14-;9-,12-,13+,14-;/m001111./s1. The molecule has 0 radical (unpaired) electrons. The molecule has 7 fully saturated rings. The molecule has 20 N–H and O–H groups in total. The van der Waals surface area contributed by atoms with Crippen molar-refractivity contribution >= 4 is 115 Å². The molecule has 0 aliphatic carbocycles. The summed E-state index contributed by atoms with van der Waals surface area (Å²) < 4.78 is 52.8. The monoisotopic (exact) mass is 1970 g/mol. The van der Waals surface area contributed by atoms with Gasteiger partial charge < -0.3 is 147 Å². The number of methoxy groups -OCH3 is 2. The summed E-state index contributed by atoms with van der Waals surface area (Å²) in [4.78, 5) is 67.6. The zero-order chi connectivity index (χ0) is 98.3. The molecule has 0 saturated carbocycles. The molecule has 12 amide bonds. The summed E-state index contributed by atoms with van der Waals surface area (Å²) in [5.41, 5.74) is 3.69. The van der Waals surface area contributed by atoms with Gasteiger partial charge in [0, 0.05) is 125 Å². The van der Waals surface area contributed by atoms with Crippen LogP contribution in [0, 0.1) is 5.92 Å². The van der Waals surface area contributed by atoms with E-state index in [0.29, 0.717) is 81.5 Å². The first-order chi connectivity index (χ1) is 60.4. The van der Waals surface area contributed by atoms with Crippen molar-refractivity contribution in [2.24, 2.45) is 5.92 Å². The number of aliphatic hydroxyl groups excluding tert-OH is 7. The molecule has 0 spiro atoms. The first-order valence-corrected chi connectivity index (χ1v) is 61.7. The molecule has 41 heteroatoms. The van der Waals surface area contributed by atoms with Gasteiger partial charge in [0.05, 0.1) is 48.8 Å². The molecule has 13 heterocycles. The average Bonchev–Trinajstić information content (AvgIpc) is 1.57. The van der Waals surface area contributed by atoms with Gasteiger partial charge in [-0.2, -0.15) is 0 Å². The van der Waals surface area contributed by atoms with Crippen molar-refractivity contribution in [2.45, 2.75) is 206 Å². The van der Waals surface area contributed by atoms with Crippen LogP contribution in [0.5, 0.6) is 0 Å². The molecule has 0 aromatic rings. The lowest BCUT2D eigenvalue weighted by Crippen LogP contribution is -2.49. The van der Waals surface area contributed by atoms with E-state index in [0.717, 1.165) is 68.2 Å². The Labute approximate surface area is 780 Å². The number of hydrogen-bond donors (Lipinski definition) is 20. The minimum absolute atomic E-state index is 0. The summed E-state index contributed by atoms with van der Waals surface area (Å²) in [6, 6.07) is -2.05. The maximum absolute atomic E-state index is 11.3. The number of hydrogen-bond acceptors (Lipinski definition) is 23. The Hall–Kier alpha value is -6.38. The van der Waals surface area contributed by atoms with Crippen molar-refractivity contribution < 1.29 is 112 Å². The third-order valence-corrected chi connectivity index (χ3v) is 33.2. The van der Waals surface area contributed by atoms with Crippen molar-refractivity contribution in [1.82, 2.24) is 63.8 Å². The highest BCUT2D eigenvalue weighted by atomic mass is 31.2. The predicted molar refractivity (Wildman–Crippen MR) is 541 cm³/mol. The molecule has 132 heavy (non-hydrogen) atoms. The Bertz CT molecular complexity index is 4620. The Morgan fingerprint density at radius 2 is 0.674 bits per heavy atom. The smallest absolute Gasteiger partial charge is 0.323 e. The van der Waals surface area contributed by atoms with Crippen LogP contribution in [0.4, 0.5) is 28.8 Å². The van der Waals surface area contributed by atoms with E-state index < -0.39 is 156 Å². The van der Waals surface area contributed by atoms with Gasteiger partial charge in [0.25, 0.3) is 0 Å². The second kappa shape index (κ2) is 45.5. The minimum Gasteiger partial charge on any atom is -0.390 e. The molecule has 24 atom stereocenters. The first-order valence-electron chi connectivity index (χ1n) is 43.4. The summed E-state index contributed by atoms with van der Waals surface area (Å²) in [5.74, 6) is -0.0407. The van der Waals surface area contributed by atoms with Crippen LogP contribution in [0.2, 0.25) is 0 Å². The van der Waals surface area contributed by atoms with Gasteiger partial charge in [-0.25, -0.2) is 28.8 Å². The van der Waals surface area contributed by atoms with Crippen molar-refractivity contribution in [3.8, 4) is 0 Å². The summed E-state index contributed by atoms with van der Waals surface area (Å²) in [7, 11) is 3.09. The van der Waals surface area contributed by atoms with E-state index in [1.165, 1.54) is 19.3 Å². The maximum atomic E-state index is 11.3. The SMILES string of the molecule is C.C=C1NC(=O)NC=C1[C@@H]1O[C@@]2(CCP(=C)(C)C)CO[C@@H]1[C@@H]2O.C=C1NC(=O)NC=C1[C@@H]1O[C@H](CCP(=C)(C)C)[C@@H](O)[C@@]1(C)O.C=C1NC(=O)NC=C1[C@@H]1O[C@H](CCP(=C)(C)C)[C@@H](O)[C@H]1C.C=C1NC(=O)NC=C1[C@@H]1O[C@H](CCP(=C)(C)C)[C@@H](O)[C@H]1OC.C=C1NC(=O)NC=C1[C@@H]1O[C@H](CCP(=C)(C)C)[C@@H](O)[C@H]1OC.C=C1NC(=O)NC=C1[C@@H]1O[C@](C)(CCP(=C)(C)C)[C@@H](O)[C@H]1O. The molecule has 0 unspecified atom stereocenters. The molecule has 13 aliphatic heterocycles. The van der Waals surface area contributed by atoms with Gasteiger partial charge in [0.15, 0.2) is 0 Å². The maximum Gasteiger partial charge on any atom is 0.323 e. The normalized spacial score (nSPS) is 34.4. The average molecular weight is 1970 g/mol. The summed E-state index contributed by atoms with van der Waals surface area (Å²) in [6.07, 6.45) is 32.7. The molecule has 35 nitrogen and oxygen atoms in total. The van der Waals surface area contributed by atoms with Crippen LogP contribution in [0.3, 0.4) is 0 Å². The van der Waals surface area contributed by atoms with E-state index in [4.69, 9.17) is 42.6 Å². The van der Waals surface area contributed by atoms with Crippen LogP contribution >= 0.6 is 41.3 Å². The number of amides is 12. The Morgan fingerprint density at radius 3 is 1.01 bits per heavy atom. The zero-order valence-corrected chi connectivity index (χ0v) is 84.5. The lowest BCUT2D eigenvalue weighted by atomic mass is 9.87. The third kappa shape index (κ3) is 29.8. The van der Waals surface area contributed by atoms with Gasteiger partial charge in [-0.15, -0.1) is 79.1 Å². The minimum atomic E-state index is -1.45. The van der Waals surface area contributed by atoms with Crippen molar-refractivity contribution in [3.63, 3.8) is 0 Å². The van der Waals surface area contributed by atoms with Crippen molar-refractivity contribution in [3.05, 3.63) is 144 Å². The number of fused-ring (bicyclic) bond motifs is 2. The van der Waals surface area contributed by atoms with E-state index in [9.17, 15) is 69.6 Å². The van der Waals surface area contributed by atoms with Crippen molar-refractivity contribution in [2.75, 3.05) is 138 Å². The molecule has 7 saturated heterocycles. The molecule has 744 valence electrons. The number of carbonyl (C=O) groups excluding carboxylic acids is 6. The van der Waals surface area contributed by atoms with E-state index in [1.807, 2.05) is 6.92 Å². The zero-order valence-electron chi connectivity index (χ0n) is 79.2. The fourth-order valence-electron chi connectivity index (χ4n) is 16.6. The Balaban J connectivity index is 0.000000216. The van der Waals surface area contributed by atoms with Gasteiger partial charge in [0.2, 0.25) is 0 Å². The van der Waals surface area contributed by atoms with Gasteiger partial charge in [-0.1, -0.05) is 53.8 Å². The molecule has 13 aliphatic rings. The number of nitrogens with one attached hydrogen (secondary N) is 12. The summed E-state index contributed by atoms with van der Waals surface area (Å²) in [6.45, 7) is 47.2. The van der Waals surface area contributed by atoms with Gasteiger partial charge in [0.1, 0.15) is 96.7 Å². The van der Waals surface area contributed by atoms with E-state index in [-0.39, 0.29) is 73.9 Å². The molecule has 0 aromatic heterocycles. The lowest BCUT2D eigenvalue weighted by Gasteiger charge is -2.34. The van der Waals surface area contributed by atoms with Crippen LogP contribution in [0.15, 0.2) is 144 Å². The lowest BCUT2D eigenvalue weighted by molar-refractivity contribution is -0.132. The van der Waals surface area contributed by atoms with Crippen molar-refractivity contribution in [1.29, 1.82) is 0 Å². The van der Waals surface area contributed by atoms with Crippen LogP contribution in [-0.2, 0) is 42.6 Å². The molecular formula is C91H152N12O23P6. The quantitative estimate of drug-likeness (QED) is 0.0434. The van der Waals surface area contributed by atoms with E-state index in [2.05, 4.69) is 221 Å². The van der Waals surface area contributed by atoms with E-state index >= 15 is 0 Å². The van der Waals surface area contributed by atoms with E-state index in [1.54, 1.807) is 45.9 Å². The largest absolute Gasteiger partial charge is 0.390 e. The highest BCUT2D eigenvalue weighted by Gasteiger charge is 2.62. The first kappa shape index (κ1) is 113. The number of urea groups is 6. The highest BCUT2D eigenvalue weighted by molar-refractivity contribution is 7.73. The number of rotatable bonds is 26. The van der Waals surface area contributed by atoms with Gasteiger partial charge in [-0.3, -0.25) is 0 Å².